The molecule has 0 saturated heterocycles. The molecule has 2 heteroatoms. The summed E-state index contributed by atoms with van der Waals surface area (Å²) >= 11 is 3.54. The normalized spacial score (nSPS) is 21.2. The van der Waals surface area contributed by atoms with E-state index in [2.05, 4.69) is 60.2 Å². The molecule has 0 aliphatic heterocycles. The summed E-state index contributed by atoms with van der Waals surface area (Å²) in [5, 5.41) is 3.74. The topological polar surface area (TPSA) is 12.0 Å². The van der Waals surface area contributed by atoms with Crippen LogP contribution in [0.1, 0.15) is 44.4 Å². The van der Waals surface area contributed by atoms with E-state index >= 15 is 0 Å². The van der Waals surface area contributed by atoms with Crippen molar-refractivity contribution in [1.29, 1.82) is 0 Å². The minimum absolute atomic E-state index is 0.556. The first-order valence-corrected chi connectivity index (χ1v) is 6.91. The van der Waals surface area contributed by atoms with Gasteiger partial charge >= 0.3 is 0 Å². The number of benzene rings is 1. The monoisotopic (exact) mass is 281 g/mol. The lowest BCUT2D eigenvalue weighted by atomic mass is 10.0. The molecule has 0 radical (unpaired) electrons. The average molecular weight is 282 g/mol. The van der Waals surface area contributed by atoms with Gasteiger partial charge in [0.15, 0.2) is 0 Å². The van der Waals surface area contributed by atoms with Crippen molar-refractivity contribution in [3.8, 4) is 0 Å². The van der Waals surface area contributed by atoms with Crippen molar-refractivity contribution in [2.24, 2.45) is 5.92 Å². The fraction of sp³-hybridized carbons (Fsp3) is 0.571. The van der Waals surface area contributed by atoms with Crippen molar-refractivity contribution in [3.05, 3.63) is 33.8 Å². The van der Waals surface area contributed by atoms with Gasteiger partial charge in [-0.3, -0.25) is 0 Å². The summed E-state index contributed by atoms with van der Waals surface area (Å²) in [4.78, 5) is 0. The molecule has 2 atom stereocenters. The number of rotatable bonds is 3. The molecular formula is C14H20BrN. The molecule has 1 aliphatic carbocycles. The molecule has 0 spiro atoms. The predicted molar refractivity (Wildman–Crippen MR) is 72.6 cm³/mol. The van der Waals surface area contributed by atoms with E-state index < -0.39 is 0 Å². The molecule has 2 unspecified atom stereocenters. The van der Waals surface area contributed by atoms with Gasteiger partial charge in [0, 0.05) is 16.6 Å². The molecule has 0 bridgehead atoms. The zero-order valence-electron chi connectivity index (χ0n) is 10.3. The molecule has 88 valence electrons. The van der Waals surface area contributed by atoms with E-state index in [1.54, 1.807) is 0 Å². The third-order valence-corrected chi connectivity index (χ3v) is 4.14. The second-order valence-corrected chi connectivity index (χ2v) is 6.05. The molecule has 16 heavy (non-hydrogen) atoms. The zero-order chi connectivity index (χ0) is 11.7. The second kappa shape index (κ2) is 4.89. The molecule has 0 saturated carbocycles. The van der Waals surface area contributed by atoms with Crippen LogP contribution in [0.15, 0.2) is 22.7 Å². The summed E-state index contributed by atoms with van der Waals surface area (Å²) in [5.41, 5.74) is 3.00. The van der Waals surface area contributed by atoms with Crippen molar-refractivity contribution >= 4 is 15.9 Å². The van der Waals surface area contributed by atoms with E-state index in [9.17, 15) is 0 Å². The Morgan fingerprint density at radius 1 is 1.31 bits per heavy atom. The van der Waals surface area contributed by atoms with Gasteiger partial charge in [-0.15, -0.1) is 0 Å². The summed E-state index contributed by atoms with van der Waals surface area (Å²) in [7, 11) is 0. The van der Waals surface area contributed by atoms with Gasteiger partial charge in [0.1, 0.15) is 0 Å². The molecule has 0 aromatic heterocycles. The van der Waals surface area contributed by atoms with Crippen LogP contribution in [0.5, 0.6) is 0 Å². The van der Waals surface area contributed by atoms with Crippen LogP contribution in [0, 0.1) is 5.92 Å². The van der Waals surface area contributed by atoms with E-state index in [1.807, 2.05) is 0 Å². The van der Waals surface area contributed by atoms with Crippen LogP contribution in [0.2, 0.25) is 0 Å². The van der Waals surface area contributed by atoms with Crippen LogP contribution in [-0.2, 0) is 6.42 Å². The highest BCUT2D eigenvalue weighted by atomic mass is 79.9. The first-order chi connectivity index (χ1) is 7.58. The molecule has 1 nitrogen and oxygen atoms in total. The summed E-state index contributed by atoms with van der Waals surface area (Å²) in [6, 6.07) is 7.81. The number of hydrogen-bond donors (Lipinski definition) is 1. The average Bonchev–Trinajstić information content (AvgIpc) is 2.60. The van der Waals surface area contributed by atoms with Gasteiger partial charge in [-0.2, -0.15) is 0 Å². The Morgan fingerprint density at radius 2 is 2.06 bits per heavy atom. The van der Waals surface area contributed by atoms with Crippen LogP contribution in [0.25, 0.3) is 0 Å². The third-order valence-electron chi connectivity index (χ3n) is 3.65. The molecular weight excluding hydrogens is 262 g/mol. The van der Waals surface area contributed by atoms with Gasteiger partial charge in [0.25, 0.3) is 0 Å². The maximum Gasteiger partial charge on any atom is 0.0328 e. The Morgan fingerprint density at radius 3 is 2.75 bits per heavy atom. The van der Waals surface area contributed by atoms with E-state index in [4.69, 9.17) is 0 Å². The highest BCUT2D eigenvalue weighted by Crippen LogP contribution is 2.33. The Balaban J connectivity index is 2.12. The largest absolute Gasteiger partial charge is 0.307 e. The molecule has 1 aliphatic rings. The minimum Gasteiger partial charge on any atom is -0.307 e. The Labute approximate surface area is 107 Å². The Hall–Kier alpha value is -0.340. The number of nitrogens with one attached hydrogen (secondary N) is 1. The highest BCUT2D eigenvalue weighted by molar-refractivity contribution is 9.10. The van der Waals surface area contributed by atoms with Crippen LogP contribution in [0.4, 0.5) is 0 Å². The maximum absolute atomic E-state index is 3.74. The van der Waals surface area contributed by atoms with Crippen molar-refractivity contribution < 1.29 is 0 Å². The molecule has 0 amide bonds. The van der Waals surface area contributed by atoms with Crippen LogP contribution >= 0.6 is 15.9 Å². The van der Waals surface area contributed by atoms with Crippen molar-refractivity contribution in [3.63, 3.8) is 0 Å². The lowest BCUT2D eigenvalue weighted by Gasteiger charge is -2.23. The zero-order valence-corrected chi connectivity index (χ0v) is 11.8. The van der Waals surface area contributed by atoms with Crippen molar-refractivity contribution in [2.75, 3.05) is 0 Å². The lowest BCUT2D eigenvalue weighted by molar-refractivity contribution is 0.375. The van der Waals surface area contributed by atoms with Gasteiger partial charge in [0.2, 0.25) is 0 Å². The quantitative estimate of drug-likeness (QED) is 0.881. The molecule has 1 aromatic rings. The van der Waals surface area contributed by atoms with Crippen LogP contribution in [0.3, 0.4) is 0 Å². The summed E-state index contributed by atoms with van der Waals surface area (Å²) in [6.45, 7) is 6.83. The van der Waals surface area contributed by atoms with Crippen molar-refractivity contribution in [2.45, 2.75) is 45.7 Å². The van der Waals surface area contributed by atoms with Crippen LogP contribution < -0.4 is 5.32 Å². The molecule has 0 heterocycles. The van der Waals surface area contributed by atoms with Crippen LogP contribution in [-0.4, -0.2) is 6.04 Å². The van der Waals surface area contributed by atoms with Gasteiger partial charge in [-0.1, -0.05) is 35.8 Å². The van der Waals surface area contributed by atoms with Gasteiger partial charge in [0.05, 0.1) is 0 Å². The highest BCUT2D eigenvalue weighted by Gasteiger charge is 2.24. The first kappa shape index (κ1) is 12.1. The van der Waals surface area contributed by atoms with Gasteiger partial charge < -0.3 is 5.32 Å². The van der Waals surface area contributed by atoms with E-state index in [0.717, 1.165) is 0 Å². The number of halogens is 1. The fourth-order valence-corrected chi connectivity index (χ4v) is 2.68. The lowest BCUT2D eigenvalue weighted by Crippen LogP contribution is -2.33. The molecule has 1 aromatic carbocycles. The smallest absolute Gasteiger partial charge is 0.0328 e. The number of fused-ring (bicyclic) bond motifs is 1. The Bertz CT molecular complexity index is 373. The summed E-state index contributed by atoms with van der Waals surface area (Å²) in [5.74, 6) is 0.694. The van der Waals surface area contributed by atoms with E-state index in [-0.39, 0.29) is 0 Å². The third kappa shape index (κ3) is 2.49. The summed E-state index contributed by atoms with van der Waals surface area (Å²) in [6.07, 6.45) is 2.44. The standard InChI is InChI=1S/C14H20BrN/c1-9(2)10(3)16-14-7-4-11-8-12(15)5-6-13(11)14/h5-6,8-10,14,16H,4,7H2,1-3H3. The van der Waals surface area contributed by atoms with E-state index in [1.165, 1.54) is 28.4 Å². The molecule has 0 fully saturated rings. The molecule has 1 N–H and O–H groups in total. The SMILES string of the molecule is CC(C)C(C)NC1CCc2cc(Br)ccc21. The number of hydrogen-bond acceptors (Lipinski definition) is 1. The van der Waals surface area contributed by atoms with Gasteiger partial charge in [-0.05, 0) is 48.9 Å². The predicted octanol–water partition coefficient (Wildman–Crippen LogP) is 4.07. The fourth-order valence-electron chi connectivity index (χ4n) is 2.27. The first-order valence-electron chi connectivity index (χ1n) is 6.12. The summed E-state index contributed by atoms with van der Waals surface area (Å²) < 4.78 is 1.20. The van der Waals surface area contributed by atoms with Gasteiger partial charge in [-0.25, -0.2) is 0 Å². The molecule has 2 rings (SSSR count). The minimum atomic E-state index is 0.556. The number of aryl methyl sites for hydroxylation is 1. The second-order valence-electron chi connectivity index (χ2n) is 5.13. The Kier molecular flexibility index (Phi) is 3.70. The van der Waals surface area contributed by atoms with Crippen molar-refractivity contribution in [1.82, 2.24) is 5.32 Å². The maximum atomic E-state index is 3.74. The van der Waals surface area contributed by atoms with E-state index in [0.29, 0.717) is 18.0 Å².